The number of carbonyl (C=O) groups excluding carboxylic acids is 3. The maximum Gasteiger partial charge on any atom is 0.446 e. The molecule has 0 radical (unpaired) electrons. The third-order valence-electron chi connectivity index (χ3n) is 5.53. The predicted molar refractivity (Wildman–Crippen MR) is 133 cm³/mol. The van der Waals surface area contributed by atoms with Gasteiger partial charge in [-0.15, -0.1) is 0 Å². The Morgan fingerprint density at radius 1 is 1.03 bits per heavy atom. The van der Waals surface area contributed by atoms with E-state index in [-0.39, 0.29) is 34.7 Å². The van der Waals surface area contributed by atoms with Crippen LogP contribution in [-0.2, 0) is 17.9 Å². The number of imide groups is 1. The van der Waals surface area contributed by atoms with E-state index in [4.69, 9.17) is 0 Å². The van der Waals surface area contributed by atoms with Gasteiger partial charge in [-0.25, -0.2) is 19.5 Å². The molecule has 3 aromatic rings. The van der Waals surface area contributed by atoms with Crippen molar-refractivity contribution in [2.24, 2.45) is 0 Å². The third kappa shape index (κ3) is 6.58. The van der Waals surface area contributed by atoms with E-state index in [1.165, 1.54) is 35.4 Å². The van der Waals surface area contributed by atoms with E-state index in [1.807, 2.05) is 30.3 Å². The summed E-state index contributed by atoms with van der Waals surface area (Å²) in [6.07, 6.45) is 1.48. The smallest absolute Gasteiger partial charge is 0.334 e. The molecule has 0 saturated carbocycles. The standard InChI is InChI=1S/C25H22F3N5O3S/c1-16-22(34)33(19-7-9-20(10-8-19)37-25(26,27)28)24(36)32(16)15-18-11-12-29-21(13-18)31-23(35)30-14-17-5-3-2-4-6-17/h2-13,16H,14-15H2,1H3,(H2,29,30,31,35). The number of carbonyl (C=O) groups is 3. The maximum absolute atomic E-state index is 13.1. The van der Waals surface area contributed by atoms with Crippen LogP contribution in [0.2, 0.25) is 0 Å². The number of hydrogen-bond acceptors (Lipinski definition) is 5. The molecule has 192 valence electrons. The summed E-state index contributed by atoms with van der Waals surface area (Å²) in [5.74, 6) is -0.225. The Hall–Kier alpha value is -4.06. The molecule has 1 aliphatic heterocycles. The number of rotatable bonds is 7. The molecule has 1 saturated heterocycles. The Balaban J connectivity index is 1.40. The molecule has 1 unspecified atom stereocenters. The van der Waals surface area contributed by atoms with Gasteiger partial charge in [0.1, 0.15) is 11.9 Å². The topological polar surface area (TPSA) is 94.6 Å². The van der Waals surface area contributed by atoms with Crippen molar-refractivity contribution in [1.82, 2.24) is 15.2 Å². The summed E-state index contributed by atoms with van der Waals surface area (Å²) >= 11 is -0.275. The first-order valence-corrected chi connectivity index (χ1v) is 12.0. The number of nitrogens with zero attached hydrogens (tertiary/aromatic N) is 3. The molecule has 8 nitrogen and oxygen atoms in total. The molecule has 0 spiro atoms. The molecule has 2 aromatic carbocycles. The lowest BCUT2D eigenvalue weighted by Crippen LogP contribution is -2.33. The highest BCUT2D eigenvalue weighted by Crippen LogP contribution is 2.38. The van der Waals surface area contributed by atoms with Gasteiger partial charge in [-0.05, 0) is 66.2 Å². The lowest BCUT2D eigenvalue weighted by atomic mass is 10.2. The van der Waals surface area contributed by atoms with Gasteiger partial charge in [0.05, 0.1) is 5.69 Å². The molecule has 4 rings (SSSR count). The molecule has 0 aliphatic carbocycles. The maximum atomic E-state index is 13.1. The van der Waals surface area contributed by atoms with E-state index in [1.54, 1.807) is 19.1 Å². The third-order valence-corrected chi connectivity index (χ3v) is 6.26. The molecular weight excluding hydrogens is 507 g/mol. The second-order valence-electron chi connectivity index (χ2n) is 8.14. The SMILES string of the molecule is CC1C(=O)N(c2ccc(SC(F)(F)F)cc2)C(=O)N1Cc1ccnc(NC(=O)NCc2ccccc2)c1. The summed E-state index contributed by atoms with van der Waals surface area (Å²) in [5.41, 5.74) is -2.69. The Morgan fingerprint density at radius 2 is 1.73 bits per heavy atom. The minimum absolute atomic E-state index is 0.0510. The van der Waals surface area contributed by atoms with Crippen molar-refractivity contribution < 1.29 is 27.6 Å². The van der Waals surface area contributed by atoms with Crippen LogP contribution in [0.3, 0.4) is 0 Å². The monoisotopic (exact) mass is 529 g/mol. The van der Waals surface area contributed by atoms with Gasteiger partial charge in [0, 0.05) is 24.2 Å². The zero-order valence-electron chi connectivity index (χ0n) is 19.5. The van der Waals surface area contributed by atoms with Crippen LogP contribution >= 0.6 is 11.8 Å². The molecule has 1 fully saturated rings. The quantitative estimate of drug-likeness (QED) is 0.317. The molecule has 1 aromatic heterocycles. The minimum atomic E-state index is -4.44. The van der Waals surface area contributed by atoms with Crippen LogP contribution < -0.4 is 15.5 Å². The predicted octanol–water partition coefficient (Wildman–Crippen LogP) is 5.37. The van der Waals surface area contributed by atoms with Crippen molar-refractivity contribution in [2.45, 2.75) is 36.5 Å². The number of nitrogens with one attached hydrogen (secondary N) is 2. The highest BCUT2D eigenvalue weighted by Gasteiger charge is 2.43. The van der Waals surface area contributed by atoms with E-state index >= 15 is 0 Å². The van der Waals surface area contributed by atoms with Crippen LogP contribution in [0.5, 0.6) is 0 Å². The number of hydrogen-bond donors (Lipinski definition) is 2. The average Bonchev–Trinajstić information content (AvgIpc) is 3.06. The number of anilines is 2. The van der Waals surface area contributed by atoms with E-state index in [9.17, 15) is 27.6 Å². The number of aromatic nitrogens is 1. The van der Waals surface area contributed by atoms with Crippen molar-refractivity contribution in [2.75, 3.05) is 10.2 Å². The number of benzene rings is 2. The summed E-state index contributed by atoms with van der Waals surface area (Å²) in [5, 5.41) is 5.37. The summed E-state index contributed by atoms with van der Waals surface area (Å²) in [7, 11) is 0. The van der Waals surface area contributed by atoms with E-state index in [2.05, 4.69) is 15.6 Å². The number of thioether (sulfide) groups is 1. The largest absolute Gasteiger partial charge is 0.446 e. The molecule has 0 bridgehead atoms. The highest BCUT2D eigenvalue weighted by molar-refractivity contribution is 8.00. The summed E-state index contributed by atoms with van der Waals surface area (Å²) < 4.78 is 37.8. The second kappa shape index (κ2) is 10.9. The number of alkyl halides is 3. The molecule has 1 atom stereocenters. The van der Waals surface area contributed by atoms with E-state index < -0.39 is 29.5 Å². The van der Waals surface area contributed by atoms with Gasteiger partial charge in [0.25, 0.3) is 5.91 Å². The van der Waals surface area contributed by atoms with Gasteiger partial charge in [-0.1, -0.05) is 30.3 Å². The molecule has 5 amide bonds. The fourth-order valence-electron chi connectivity index (χ4n) is 3.72. The van der Waals surface area contributed by atoms with Gasteiger partial charge >= 0.3 is 17.6 Å². The van der Waals surface area contributed by atoms with Crippen LogP contribution in [0.1, 0.15) is 18.1 Å². The van der Waals surface area contributed by atoms with Crippen LogP contribution in [0.25, 0.3) is 0 Å². The molecule has 12 heteroatoms. The van der Waals surface area contributed by atoms with Crippen LogP contribution in [0.15, 0.2) is 77.8 Å². The van der Waals surface area contributed by atoms with Crippen molar-refractivity contribution in [3.8, 4) is 0 Å². The van der Waals surface area contributed by atoms with Crippen molar-refractivity contribution in [3.05, 3.63) is 84.1 Å². The molecular formula is C25H22F3N5O3S. The van der Waals surface area contributed by atoms with Gasteiger partial charge < -0.3 is 10.2 Å². The summed E-state index contributed by atoms with van der Waals surface area (Å²) in [6, 6.07) is 15.8. The summed E-state index contributed by atoms with van der Waals surface area (Å²) in [6.45, 7) is 1.97. The fraction of sp³-hybridized carbons (Fsp3) is 0.200. The van der Waals surface area contributed by atoms with Gasteiger partial charge in [0.2, 0.25) is 0 Å². The Bertz CT molecular complexity index is 1290. The second-order valence-corrected chi connectivity index (χ2v) is 9.28. The van der Waals surface area contributed by atoms with Crippen LogP contribution in [0.4, 0.5) is 34.3 Å². The minimum Gasteiger partial charge on any atom is -0.334 e. The Morgan fingerprint density at radius 3 is 2.41 bits per heavy atom. The highest BCUT2D eigenvalue weighted by atomic mass is 32.2. The fourth-order valence-corrected chi connectivity index (χ4v) is 4.26. The Labute approximate surface area is 214 Å². The lowest BCUT2D eigenvalue weighted by Gasteiger charge is -2.20. The molecule has 37 heavy (non-hydrogen) atoms. The van der Waals surface area contributed by atoms with Crippen molar-refractivity contribution in [3.63, 3.8) is 0 Å². The van der Waals surface area contributed by atoms with E-state index in [0.717, 1.165) is 10.5 Å². The Kier molecular flexibility index (Phi) is 7.67. The van der Waals surface area contributed by atoms with Gasteiger partial charge in [0.15, 0.2) is 0 Å². The molecule has 2 heterocycles. The average molecular weight is 530 g/mol. The molecule has 2 N–H and O–H groups in total. The van der Waals surface area contributed by atoms with Crippen LogP contribution in [0, 0.1) is 0 Å². The zero-order chi connectivity index (χ0) is 26.6. The number of pyridine rings is 1. The van der Waals surface area contributed by atoms with Gasteiger partial charge in [-0.2, -0.15) is 13.2 Å². The van der Waals surface area contributed by atoms with Crippen LogP contribution in [-0.4, -0.2) is 39.4 Å². The van der Waals surface area contributed by atoms with Crippen molar-refractivity contribution in [1.29, 1.82) is 0 Å². The molecule has 1 aliphatic rings. The first-order valence-electron chi connectivity index (χ1n) is 11.1. The normalized spacial score (nSPS) is 15.7. The number of amides is 5. The number of halogens is 3. The first-order chi connectivity index (χ1) is 17.6. The van der Waals surface area contributed by atoms with E-state index in [0.29, 0.717) is 12.1 Å². The number of urea groups is 2. The first kappa shape index (κ1) is 26.0. The van der Waals surface area contributed by atoms with Crippen molar-refractivity contribution >= 4 is 41.2 Å². The summed E-state index contributed by atoms with van der Waals surface area (Å²) in [4.78, 5) is 44.5. The van der Waals surface area contributed by atoms with Gasteiger partial charge in [-0.3, -0.25) is 10.1 Å². The zero-order valence-corrected chi connectivity index (χ0v) is 20.3. The lowest BCUT2D eigenvalue weighted by molar-refractivity contribution is -0.119.